The molecule has 0 amide bonds. The second-order valence-corrected chi connectivity index (χ2v) is 3.73. The van der Waals surface area contributed by atoms with Crippen LogP contribution in [0.3, 0.4) is 0 Å². The molecule has 0 aliphatic rings. The highest BCUT2D eigenvalue weighted by atomic mass is 16.4. The second kappa shape index (κ2) is 6.82. The number of hydrogen-bond acceptors (Lipinski definition) is 5. The Morgan fingerprint density at radius 3 is 3.06 bits per heavy atom. The maximum absolute atomic E-state index is 9.37. The Hall–Kier alpha value is -1.66. The van der Waals surface area contributed by atoms with E-state index in [0.717, 1.165) is 12.0 Å². The first-order valence-electron chi connectivity index (χ1n) is 5.49. The first kappa shape index (κ1) is 13.4. The predicted octanol–water partition coefficient (Wildman–Crippen LogP) is 0.0366. The monoisotopic (exact) mass is 238 g/mol. The lowest BCUT2D eigenvalue weighted by Gasteiger charge is -2.09. The van der Waals surface area contributed by atoms with Crippen molar-refractivity contribution in [2.24, 2.45) is 10.9 Å². The van der Waals surface area contributed by atoms with Crippen LogP contribution in [0.15, 0.2) is 23.5 Å². The molecule has 1 aromatic heterocycles. The van der Waals surface area contributed by atoms with E-state index in [2.05, 4.69) is 15.5 Å². The molecule has 0 saturated carbocycles. The van der Waals surface area contributed by atoms with Crippen LogP contribution in [0.5, 0.6) is 0 Å². The average Bonchev–Trinajstić information content (AvgIpc) is 2.38. The van der Waals surface area contributed by atoms with Gasteiger partial charge in [0, 0.05) is 19.3 Å². The highest BCUT2D eigenvalue weighted by molar-refractivity contribution is 5.95. The summed E-state index contributed by atoms with van der Waals surface area (Å²) >= 11 is 0. The summed E-state index contributed by atoms with van der Waals surface area (Å²) in [6, 6.07) is 3.57. The first-order chi connectivity index (χ1) is 8.17. The van der Waals surface area contributed by atoms with Crippen molar-refractivity contribution in [2.75, 3.05) is 6.54 Å². The Morgan fingerprint density at radius 2 is 2.41 bits per heavy atom. The largest absolute Gasteiger partial charge is 0.409 e. The van der Waals surface area contributed by atoms with Crippen molar-refractivity contribution in [2.45, 2.75) is 26.0 Å². The quantitative estimate of drug-likeness (QED) is 0.242. The number of aliphatic hydroxyl groups is 1. The lowest BCUT2D eigenvalue weighted by atomic mass is 10.2. The van der Waals surface area contributed by atoms with Crippen LogP contribution < -0.4 is 11.1 Å². The second-order valence-electron chi connectivity index (χ2n) is 3.73. The maximum Gasteiger partial charge on any atom is 0.188 e. The summed E-state index contributed by atoms with van der Waals surface area (Å²) in [4.78, 5) is 3.98. The van der Waals surface area contributed by atoms with Crippen molar-refractivity contribution in [3.8, 4) is 0 Å². The van der Waals surface area contributed by atoms with Crippen LogP contribution >= 0.6 is 0 Å². The number of hydrogen-bond donors (Lipinski definition) is 4. The molecule has 6 nitrogen and oxygen atoms in total. The SMILES string of the molecule is CCC(O)CNCc1ccnc(/C(N)=N/O)c1. The van der Waals surface area contributed by atoms with Gasteiger partial charge in [0.05, 0.1) is 6.10 Å². The van der Waals surface area contributed by atoms with E-state index in [4.69, 9.17) is 10.9 Å². The summed E-state index contributed by atoms with van der Waals surface area (Å²) in [6.07, 6.45) is 1.99. The molecule has 1 aromatic rings. The Bertz CT molecular complexity index is 381. The van der Waals surface area contributed by atoms with E-state index in [1.54, 1.807) is 12.3 Å². The van der Waals surface area contributed by atoms with Crippen molar-refractivity contribution in [3.63, 3.8) is 0 Å². The number of nitrogens with two attached hydrogens (primary N) is 1. The normalized spacial score (nSPS) is 13.6. The van der Waals surface area contributed by atoms with Crippen molar-refractivity contribution in [3.05, 3.63) is 29.6 Å². The third kappa shape index (κ3) is 4.38. The zero-order chi connectivity index (χ0) is 12.7. The number of pyridine rings is 1. The van der Waals surface area contributed by atoms with Crippen LogP contribution in [0.25, 0.3) is 0 Å². The predicted molar refractivity (Wildman–Crippen MR) is 64.8 cm³/mol. The van der Waals surface area contributed by atoms with Gasteiger partial charge in [-0.05, 0) is 24.1 Å². The van der Waals surface area contributed by atoms with Crippen molar-refractivity contribution in [1.82, 2.24) is 10.3 Å². The number of nitrogens with one attached hydrogen (secondary N) is 1. The third-order valence-corrected chi connectivity index (χ3v) is 2.37. The van der Waals surface area contributed by atoms with Gasteiger partial charge in [-0.3, -0.25) is 4.98 Å². The van der Waals surface area contributed by atoms with Gasteiger partial charge in [-0.25, -0.2) is 0 Å². The standard InChI is InChI=1S/C11H18N4O2/c1-2-9(16)7-13-6-8-3-4-14-10(5-8)11(12)15-17/h3-5,9,13,16-17H,2,6-7H2,1H3,(H2,12,15). The lowest BCUT2D eigenvalue weighted by Crippen LogP contribution is -2.26. The summed E-state index contributed by atoms with van der Waals surface area (Å²) in [5.74, 6) is -0.0135. The van der Waals surface area contributed by atoms with E-state index in [9.17, 15) is 5.11 Å². The van der Waals surface area contributed by atoms with Crippen LogP contribution in [0.2, 0.25) is 0 Å². The fraction of sp³-hybridized carbons (Fsp3) is 0.455. The molecular formula is C11H18N4O2. The Balaban J connectivity index is 2.54. The zero-order valence-electron chi connectivity index (χ0n) is 9.80. The molecule has 17 heavy (non-hydrogen) atoms. The van der Waals surface area contributed by atoms with E-state index < -0.39 is 0 Å². The fourth-order valence-corrected chi connectivity index (χ4v) is 1.30. The molecule has 0 spiro atoms. The van der Waals surface area contributed by atoms with E-state index in [-0.39, 0.29) is 11.9 Å². The molecule has 0 aliphatic heterocycles. The number of rotatable bonds is 6. The van der Waals surface area contributed by atoms with Crippen LogP contribution in [0.4, 0.5) is 0 Å². The zero-order valence-corrected chi connectivity index (χ0v) is 9.80. The summed E-state index contributed by atoms with van der Waals surface area (Å²) < 4.78 is 0. The van der Waals surface area contributed by atoms with Gasteiger partial charge >= 0.3 is 0 Å². The van der Waals surface area contributed by atoms with E-state index in [1.807, 2.05) is 13.0 Å². The third-order valence-electron chi connectivity index (χ3n) is 2.37. The van der Waals surface area contributed by atoms with Crippen LogP contribution in [-0.4, -0.2) is 33.8 Å². The Morgan fingerprint density at radius 1 is 1.65 bits per heavy atom. The maximum atomic E-state index is 9.37. The molecule has 0 bridgehead atoms. The minimum absolute atomic E-state index is 0.0135. The number of nitrogens with zero attached hydrogens (tertiary/aromatic N) is 2. The molecule has 0 radical (unpaired) electrons. The van der Waals surface area contributed by atoms with E-state index >= 15 is 0 Å². The van der Waals surface area contributed by atoms with E-state index in [1.165, 1.54) is 0 Å². The molecule has 6 heteroatoms. The minimum atomic E-state index is -0.333. The molecule has 5 N–H and O–H groups in total. The average molecular weight is 238 g/mol. The smallest absolute Gasteiger partial charge is 0.188 e. The molecule has 94 valence electrons. The summed E-state index contributed by atoms with van der Waals surface area (Å²) in [6.45, 7) is 3.07. The van der Waals surface area contributed by atoms with Gasteiger partial charge in [-0.1, -0.05) is 12.1 Å². The van der Waals surface area contributed by atoms with Gasteiger partial charge in [0.1, 0.15) is 5.69 Å². The van der Waals surface area contributed by atoms with Gasteiger partial charge < -0.3 is 21.4 Å². The van der Waals surface area contributed by atoms with Crippen LogP contribution in [0, 0.1) is 0 Å². The number of oxime groups is 1. The molecule has 1 rings (SSSR count). The Kier molecular flexibility index (Phi) is 5.38. The highest BCUT2D eigenvalue weighted by Gasteiger charge is 2.03. The minimum Gasteiger partial charge on any atom is -0.409 e. The molecule has 0 aliphatic carbocycles. The summed E-state index contributed by atoms with van der Waals surface area (Å²) in [5.41, 5.74) is 6.83. The van der Waals surface area contributed by atoms with Gasteiger partial charge in [-0.2, -0.15) is 0 Å². The molecule has 0 aromatic carbocycles. The molecular weight excluding hydrogens is 220 g/mol. The van der Waals surface area contributed by atoms with Crippen molar-refractivity contribution >= 4 is 5.84 Å². The molecule has 1 heterocycles. The van der Waals surface area contributed by atoms with Crippen LogP contribution in [0.1, 0.15) is 24.6 Å². The first-order valence-corrected chi connectivity index (χ1v) is 5.49. The summed E-state index contributed by atoms with van der Waals surface area (Å²) in [5, 5.41) is 23.9. The van der Waals surface area contributed by atoms with Gasteiger partial charge in [0.15, 0.2) is 5.84 Å². The highest BCUT2D eigenvalue weighted by Crippen LogP contribution is 2.01. The van der Waals surface area contributed by atoms with Gasteiger partial charge in [-0.15, -0.1) is 0 Å². The molecule has 1 atom stereocenters. The number of amidine groups is 1. The molecule has 0 fully saturated rings. The lowest BCUT2D eigenvalue weighted by molar-refractivity contribution is 0.167. The number of aromatic nitrogens is 1. The molecule has 0 saturated heterocycles. The van der Waals surface area contributed by atoms with E-state index in [0.29, 0.717) is 18.8 Å². The molecule has 1 unspecified atom stereocenters. The van der Waals surface area contributed by atoms with Gasteiger partial charge in [0.25, 0.3) is 0 Å². The number of aliphatic hydroxyl groups excluding tert-OH is 1. The Labute approximate surface area is 100 Å². The van der Waals surface area contributed by atoms with Crippen molar-refractivity contribution in [1.29, 1.82) is 0 Å². The summed E-state index contributed by atoms with van der Waals surface area (Å²) in [7, 11) is 0. The van der Waals surface area contributed by atoms with Crippen molar-refractivity contribution < 1.29 is 10.3 Å². The topological polar surface area (TPSA) is 104 Å². The fourth-order valence-electron chi connectivity index (χ4n) is 1.30. The van der Waals surface area contributed by atoms with Crippen LogP contribution in [-0.2, 0) is 6.54 Å². The van der Waals surface area contributed by atoms with Gasteiger partial charge in [0.2, 0.25) is 0 Å².